The maximum absolute atomic E-state index is 13.9. The molecule has 1 aliphatic heterocycles. The van der Waals surface area contributed by atoms with Crippen molar-refractivity contribution in [2.24, 2.45) is 0 Å². The van der Waals surface area contributed by atoms with Gasteiger partial charge in [-0.2, -0.15) is 0 Å². The number of fused-ring (bicyclic) bond motifs is 1. The maximum Gasteiger partial charge on any atom is 0.260 e. The number of rotatable bonds is 10. The predicted octanol–water partition coefficient (Wildman–Crippen LogP) is 6.08. The van der Waals surface area contributed by atoms with Gasteiger partial charge in [-0.25, -0.2) is 4.98 Å². The number of carbonyl (C=O) groups is 1. The van der Waals surface area contributed by atoms with E-state index in [1.165, 1.54) is 11.3 Å². The van der Waals surface area contributed by atoms with Crippen LogP contribution in [0.15, 0.2) is 34.8 Å². The number of thiazole rings is 1. The van der Waals surface area contributed by atoms with Crippen molar-refractivity contribution in [3.63, 3.8) is 0 Å². The van der Waals surface area contributed by atoms with E-state index in [1.54, 1.807) is 17.0 Å². The van der Waals surface area contributed by atoms with Gasteiger partial charge in [-0.15, -0.1) is 0 Å². The summed E-state index contributed by atoms with van der Waals surface area (Å²) in [6, 6.07) is 9.37. The van der Waals surface area contributed by atoms with Crippen molar-refractivity contribution in [3.8, 4) is 17.2 Å². The van der Waals surface area contributed by atoms with Gasteiger partial charge < -0.3 is 18.9 Å². The van der Waals surface area contributed by atoms with Crippen LogP contribution in [-0.4, -0.2) is 50.0 Å². The van der Waals surface area contributed by atoms with E-state index in [4.69, 9.17) is 23.9 Å². The first-order chi connectivity index (χ1) is 16.5. The fourth-order valence-electron chi connectivity index (χ4n) is 3.91. The molecule has 0 aliphatic carbocycles. The van der Waals surface area contributed by atoms with Gasteiger partial charge in [0, 0.05) is 16.6 Å². The number of aromatic nitrogens is 1. The Kier molecular flexibility index (Phi) is 8.28. The van der Waals surface area contributed by atoms with E-state index in [9.17, 15) is 4.79 Å². The molecule has 4 rings (SSSR count). The molecule has 0 saturated carbocycles. The van der Waals surface area contributed by atoms with E-state index < -0.39 is 0 Å². The van der Waals surface area contributed by atoms with Crippen molar-refractivity contribution >= 4 is 48.5 Å². The summed E-state index contributed by atoms with van der Waals surface area (Å²) < 4.78 is 25.3. The van der Waals surface area contributed by atoms with Crippen molar-refractivity contribution in [2.45, 2.75) is 39.7 Å². The largest absolute Gasteiger partial charge is 0.490 e. The van der Waals surface area contributed by atoms with E-state index in [2.05, 4.69) is 15.9 Å². The second-order valence-corrected chi connectivity index (χ2v) is 9.68. The van der Waals surface area contributed by atoms with Crippen LogP contribution in [0.3, 0.4) is 0 Å². The summed E-state index contributed by atoms with van der Waals surface area (Å²) in [6.07, 6.45) is 1.88. The number of amides is 1. The Morgan fingerprint density at radius 1 is 1.12 bits per heavy atom. The number of carbonyl (C=O) groups excluding carboxylic acids is 1. The summed E-state index contributed by atoms with van der Waals surface area (Å²) in [5.74, 6) is 1.31. The lowest BCUT2D eigenvalue weighted by atomic mass is 10.1. The van der Waals surface area contributed by atoms with Crippen molar-refractivity contribution in [1.29, 1.82) is 0 Å². The first-order valence-electron chi connectivity index (χ1n) is 11.6. The van der Waals surface area contributed by atoms with Crippen LogP contribution in [-0.2, 0) is 4.74 Å². The molecule has 1 saturated heterocycles. The first kappa shape index (κ1) is 24.8. The van der Waals surface area contributed by atoms with Gasteiger partial charge in [-0.05, 0) is 63.9 Å². The van der Waals surface area contributed by atoms with E-state index >= 15 is 0 Å². The number of ether oxygens (including phenoxy) is 4. The molecular weight excluding hydrogens is 520 g/mol. The summed E-state index contributed by atoms with van der Waals surface area (Å²) in [5, 5.41) is 0.637. The van der Waals surface area contributed by atoms with Gasteiger partial charge >= 0.3 is 0 Å². The average molecular weight is 549 g/mol. The van der Waals surface area contributed by atoms with Crippen LogP contribution in [0.4, 0.5) is 5.13 Å². The summed E-state index contributed by atoms with van der Waals surface area (Å²) >= 11 is 5.01. The summed E-state index contributed by atoms with van der Waals surface area (Å²) in [5.41, 5.74) is 1.30. The Hall–Kier alpha value is -2.36. The van der Waals surface area contributed by atoms with E-state index in [0.29, 0.717) is 60.9 Å². The zero-order valence-corrected chi connectivity index (χ0v) is 22.0. The molecule has 1 aliphatic rings. The Balaban J connectivity index is 1.76. The second kappa shape index (κ2) is 11.4. The van der Waals surface area contributed by atoms with Crippen molar-refractivity contribution < 1.29 is 23.7 Å². The maximum atomic E-state index is 13.9. The highest BCUT2D eigenvalue weighted by Gasteiger charge is 2.29. The van der Waals surface area contributed by atoms with Crippen molar-refractivity contribution in [1.82, 2.24) is 4.98 Å². The third kappa shape index (κ3) is 5.47. The van der Waals surface area contributed by atoms with E-state index in [0.717, 1.165) is 27.5 Å². The van der Waals surface area contributed by atoms with E-state index in [-0.39, 0.29) is 12.0 Å². The smallest absolute Gasteiger partial charge is 0.260 e. The topological polar surface area (TPSA) is 70.1 Å². The highest BCUT2D eigenvalue weighted by Crippen LogP contribution is 2.40. The molecule has 9 heteroatoms. The van der Waals surface area contributed by atoms with Crippen molar-refractivity contribution in [3.05, 3.63) is 40.4 Å². The second-order valence-electron chi connectivity index (χ2n) is 7.76. The zero-order valence-electron chi connectivity index (χ0n) is 19.6. The number of benzene rings is 2. The highest BCUT2D eigenvalue weighted by atomic mass is 79.9. The molecule has 34 heavy (non-hydrogen) atoms. The fourth-order valence-corrected chi connectivity index (χ4v) is 5.43. The quantitative estimate of drug-likeness (QED) is 0.305. The standard InChI is InChI=1S/C25H29BrN2O5S/c1-4-30-20-12-16(13-21(31-5-2)23(20)32-6-3)24(29)28(15-18-8-7-11-33-18)25-27-19-10-9-17(26)14-22(19)34-25/h9-10,12-14,18H,4-8,11,15H2,1-3H3. The molecule has 1 unspecified atom stereocenters. The highest BCUT2D eigenvalue weighted by molar-refractivity contribution is 9.10. The van der Waals surface area contributed by atoms with Crippen LogP contribution >= 0.6 is 27.3 Å². The minimum atomic E-state index is -0.182. The van der Waals surface area contributed by atoms with Crippen LogP contribution < -0.4 is 19.1 Å². The molecule has 0 N–H and O–H groups in total. The van der Waals surface area contributed by atoms with Crippen LogP contribution in [0.5, 0.6) is 17.2 Å². The summed E-state index contributed by atoms with van der Waals surface area (Å²) in [6.45, 7) is 8.18. The summed E-state index contributed by atoms with van der Waals surface area (Å²) in [7, 11) is 0. The van der Waals surface area contributed by atoms with Gasteiger partial charge in [0.05, 0.1) is 42.7 Å². The average Bonchev–Trinajstić information content (AvgIpc) is 3.48. The zero-order chi connectivity index (χ0) is 24.1. The minimum absolute atomic E-state index is 0.0249. The minimum Gasteiger partial charge on any atom is -0.490 e. The first-order valence-corrected chi connectivity index (χ1v) is 13.2. The van der Waals surface area contributed by atoms with E-state index in [1.807, 2.05) is 39.0 Å². The van der Waals surface area contributed by atoms with Crippen LogP contribution in [0.2, 0.25) is 0 Å². The van der Waals surface area contributed by atoms with Gasteiger partial charge in [0.15, 0.2) is 16.6 Å². The predicted molar refractivity (Wildman–Crippen MR) is 138 cm³/mol. The number of nitrogens with zero attached hydrogens (tertiary/aromatic N) is 2. The summed E-state index contributed by atoms with van der Waals surface area (Å²) in [4.78, 5) is 20.4. The van der Waals surface area contributed by atoms with Crippen molar-refractivity contribution in [2.75, 3.05) is 37.9 Å². The lowest BCUT2D eigenvalue weighted by molar-refractivity contribution is 0.0916. The molecule has 2 heterocycles. The number of hydrogen-bond donors (Lipinski definition) is 0. The number of halogens is 1. The molecular formula is C25H29BrN2O5S. The van der Waals surface area contributed by atoms with Gasteiger partial charge in [-0.3, -0.25) is 9.69 Å². The van der Waals surface area contributed by atoms with Gasteiger partial charge in [0.2, 0.25) is 5.75 Å². The molecule has 2 aromatic carbocycles. The normalized spacial score (nSPS) is 15.5. The molecule has 3 aromatic rings. The molecule has 1 aromatic heterocycles. The molecule has 182 valence electrons. The molecule has 1 amide bonds. The third-order valence-corrected chi connectivity index (χ3v) is 6.92. The van der Waals surface area contributed by atoms with Gasteiger partial charge in [-0.1, -0.05) is 27.3 Å². The Labute approximate surface area is 212 Å². The Morgan fingerprint density at radius 2 is 1.82 bits per heavy atom. The molecule has 7 nitrogen and oxygen atoms in total. The Bertz CT molecular complexity index is 1120. The molecule has 1 fully saturated rings. The van der Waals surface area contributed by atoms with Crippen LogP contribution in [0.25, 0.3) is 10.2 Å². The lowest BCUT2D eigenvalue weighted by Crippen LogP contribution is -2.37. The van der Waals surface area contributed by atoms with Gasteiger partial charge in [0.25, 0.3) is 5.91 Å². The number of anilines is 1. The molecule has 0 bridgehead atoms. The monoisotopic (exact) mass is 548 g/mol. The fraction of sp³-hybridized carbons (Fsp3) is 0.440. The molecule has 0 radical (unpaired) electrons. The molecule has 0 spiro atoms. The molecule has 1 atom stereocenters. The number of hydrogen-bond acceptors (Lipinski definition) is 7. The SMILES string of the molecule is CCOc1cc(C(=O)N(CC2CCCO2)c2nc3ccc(Br)cc3s2)cc(OCC)c1OCC. The lowest BCUT2D eigenvalue weighted by Gasteiger charge is -2.24. The van der Waals surface area contributed by atoms with Crippen LogP contribution in [0.1, 0.15) is 44.0 Å². The van der Waals surface area contributed by atoms with Gasteiger partial charge in [0.1, 0.15) is 0 Å². The van der Waals surface area contributed by atoms with Crippen LogP contribution in [0, 0.1) is 0 Å². The Morgan fingerprint density at radius 3 is 2.44 bits per heavy atom. The third-order valence-electron chi connectivity index (χ3n) is 5.38.